The molecule has 6 heteroatoms. The standard InChI is InChI=1S/C9H16O6/c10-4-5-6(11)7(12)8(13)9(15-5)2-1-3-14-9/h5-8,10-13H,1-4H2/t5?,6-,7?,8?,9+/m1/s1. The molecule has 0 aromatic carbocycles. The van der Waals surface area contributed by atoms with Crippen molar-refractivity contribution >= 4 is 0 Å². The van der Waals surface area contributed by atoms with Gasteiger partial charge in [-0.1, -0.05) is 0 Å². The molecule has 5 atom stereocenters. The summed E-state index contributed by atoms with van der Waals surface area (Å²) in [5, 5.41) is 37.8. The van der Waals surface area contributed by atoms with Crippen LogP contribution in [0.3, 0.4) is 0 Å². The first-order valence-corrected chi connectivity index (χ1v) is 5.07. The van der Waals surface area contributed by atoms with Crippen molar-refractivity contribution in [2.24, 2.45) is 0 Å². The first-order chi connectivity index (χ1) is 7.10. The summed E-state index contributed by atoms with van der Waals surface area (Å²) in [5.74, 6) is -1.26. The molecule has 6 nitrogen and oxygen atoms in total. The molecule has 15 heavy (non-hydrogen) atoms. The van der Waals surface area contributed by atoms with Crippen LogP contribution >= 0.6 is 0 Å². The molecule has 2 fully saturated rings. The number of aliphatic hydroxyl groups is 4. The maximum Gasteiger partial charge on any atom is 0.197 e. The number of rotatable bonds is 1. The lowest BCUT2D eigenvalue weighted by molar-refractivity contribution is -0.349. The second-order valence-corrected chi connectivity index (χ2v) is 4.03. The maximum absolute atomic E-state index is 9.77. The van der Waals surface area contributed by atoms with Crippen LogP contribution in [0.2, 0.25) is 0 Å². The van der Waals surface area contributed by atoms with Gasteiger partial charge in [0.25, 0.3) is 0 Å². The van der Waals surface area contributed by atoms with Crippen LogP contribution in [0, 0.1) is 0 Å². The number of aliphatic hydroxyl groups excluding tert-OH is 4. The topological polar surface area (TPSA) is 99.4 Å². The van der Waals surface area contributed by atoms with Crippen molar-refractivity contribution in [2.45, 2.75) is 43.0 Å². The van der Waals surface area contributed by atoms with Crippen molar-refractivity contribution in [3.63, 3.8) is 0 Å². The quantitative estimate of drug-likeness (QED) is 0.406. The molecule has 0 aromatic heterocycles. The van der Waals surface area contributed by atoms with E-state index in [0.29, 0.717) is 13.0 Å². The molecule has 88 valence electrons. The van der Waals surface area contributed by atoms with Crippen LogP contribution in [0.1, 0.15) is 12.8 Å². The van der Waals surface area contributed by atoms with Crippen molar-refractivity contribution in [2.75, 3.05) is 13.2 Å². The minimum Gasteiger partial charge on any atom is -0.394 e. The summed E-state index contributed by atoms with van der Waals surface area (Å²) in [6.45, 7) is 0.0219. The summed E-state index contributed by atoms with van der Waals surface area (Å²) in [4.78, 5) is 0. The van der Waals surface area contributed by atoms with Gasteiger partial charge in [0.15, 0.2) is 5.79 Å². The first-order valence-electron chi connectivity index (χ1n) is 5.07. The fraction of sp³-hybridized carbons (Fsp3) is 1.00. The Morgan fingerprint density at radius 1 is 1.20 bits per heavy atom. The van der Waals surface area contributed by atoms with Crippen molar-refractivity contribution in [3.8, 4) is 0 Å². The van der Waals surface area contributed by atoms with Crippen molar-refractivity contribution in [3.05, 3.63) is 0 Å². The zero-order valence-electron chi connectivity index (χ0n) is 8.24. The SMILES string of the molecule is OCC1O[C@@]2(CCCO2)C(O)C(O)[C@@H]1O. The Morgan fingerprint density at radius 2 is 1.93 bits per heavy atom. The highest BCUT2D eigenvalue weighted by Gasteiger charge is 2.55. The highest BCUT2D eigenvalue weighted by Crippen LogP contribution is 2.38. The fourth-order valence-electron chi connectivity index (χ4n) is 2.17. The third-order valence-electron chi connectivity index (χ3n) is 3.05. The Balaban J connectivity index is 2.19. The zero-order chi connectivity index (χ0) is 11.1. The molecular weight excluding hydrogens is 204 g/mol. The molecule has 2 aliphatic heterocycles. The third kappa shape index (κ3) is 1.67. The molecular formula is C9H16O6. The summed E-state index contributed by atoms with van der Waals surface area (Å²) < 4.78 is 10.6. The van der Waals surface area contributed by atoms with Crippen LogP contribution in [0.25, 0.3) is 0 Å². The van der Waals surface area contributed by atoms with Gasteiger partial charge in [-0.3, -0.25) is 0 Å². The van der Waals surface area contributed by atoms with Gasteiger partial charge in [0.1, 0.15) is 24.4 Å². The van der Waals surface area contributed by atoms with Gasteiger partial charge in [0.2, 0.25) is 0 Å². The van der Waals surface area contributed by atoms with Gasteiger partial charge >= 0.3 is 0 Å². The summed E-state index contributed by atoms with van der Waals surface area (Å²) >= 11 is 0. The van der Waals surface area contributed by atoms with Gasteiger partial charge in [-0.05, 0) is 6.42 Å². The predicted octanol–water partition coefficient (Wildman–Crippen LogP) is -2.03. The van der Waals surface area contributed by atoms with Gasteiger partial charge in [-0.2, -0.15) is 0 Å². The minimum atomic E-state index is -1.35. The largest absolute Gasteiger partial charge is 0.394 e. The van der Waals surface area contributed by atoms with Gasteiger partial charge in [0, 0.05) is 6.42 Å². The highest BCUT2D eigenvalue weighted by molar-refractivity contribution is 4.98. The van der Waals surface area contributed by atoms with E-state index in [1.54, 1.807) is 0 Å². The minimum absolute atomic E-state index is 0.421. The lowest BCUT2D eigenvalue weighted by atomic mass is 9.91. The molecule has 0 bridgehead atoms. The monoisotopic (exact) mass is 220 g/mol. The van der Waals surface area contributed by atoms with E-state index in [2.05, 4.69) is 0 Å². The predicted molar refractivity (Wildman–Crippen MR) is 47.9 cm³/mol. The van der Waals surface area contributed by atoms with Crippen LogP contribution in [0.4, 0.5) is 0 Å². The molecule has 2 heterocycles. The molecule has 2 saturated heterocycles. The number of hydrogen-bond donors (Lipinski definition) is 4. The van der Waals surface area contributed by atoms with E-state index < -0.39 is 36.8 Å². The van der Waals surface area contributed by atoms with E-state index in [4.69, 9.17) is 14.6 Å². The van der Waals surface area contributed by atoms with Crippen molar-refractivity contribution in [1.29, 1.82) is 0 Å². The molecule has 4 N–H and O–H groups in total. The van der Waals surface area contributed by atoms with Crippen LogP contribution in [0.15, 0.2) is 0 Å². The Labute approximate surface area is 87.1 Å². The Morgan fingerprint density at radius 3 is 2.47 bits per heavy atom. The van der Waals surface area contributed by atoms with E-state index in [1.807, 2.05) is 0 Å². The van der Waals surface area contributed by atoms with Crippen LogP contribution in [-0.4, -0.2) is 63.8 Å². The summed E-state index contributed by atoms with van der Waals surface area (Å²) in [5.41, 5.74) is 0. The van der Waals surface area contributed by atoms with E-state index in [0.717, 1.165) is 6.42 Å². The highest BCUT2D eigenvalue weighted by atomic mass is 16.7. The van der Waals surface area contributed by atoms with E-state index in [9.17, 15) is 15.3 Å². The van der Waals surface area contributed by atoms with Crippen LogP contribution in [-0.2, 0) is 9.47 Å². The summed E-state index contributed by atoms with van der Waals surface area (Å²) in [7, 11) is 0. The molecule has 0 saturated carbocycles. The third-order valence-corrected chi connectivity index (χ3v) is 3.05. The van der Waals surface area contributed by atoms with Gasteiger partial charge in [-0.25, -0.2) is 0 Å². The lowest BCUT2D eigenvalue weighted by Crippen LogP contribution is -2.64. The fourth-order valence-corrected chi connectivity index (χ4v) is 2.17. The number of ether oxygens (including phenoxy) is 2. The number of hydrogen-bond acceptors (Lipinski definition) is 6. The molecule has 0 amide bonds. The molecule has 0 aromatic rings. The van der Waals surface area contributed by atoms with Crippen molar-refractivity contribution < 1.29 is 29.9 Å². The second kappa shape index (κ2) is 3.97. The Bertz CT molecular complexity index is 225. The second-order valence-electron chi connectivity index (χ2n) is 4.03. The van der Waals surface area contributed by atoms with Gasteiger partial charge in [0.05, 0.1) is 13.2 Å². The Hall–Kier alpha value is -0.240. The Kier molecular flexibility index (Phi) is 2.98. The smallest absolute Gasteiger partial charge is 0.197 e. The van der Waals surface area contributed by atoms with Crippen molar-refractivity contribution in [1.82, 2.24) is 0 Å². The van der Waals surface area contributed by atoms with E-state index >= 15 is 0 Å². The average molecular weight is 220 g/mol. The molecule has 2 aliphatic rings. The summed E-state index contributed by atoms with van der Waals surface area (Å²) in [6.07, 6.45) is -3.67. The van der Waals surface area contributed by atoms with Crippen LogP contribution in [0.5, 0.6) is 0 Å². The summed E-state index contributed by atoms with van der Waals surface area (Å²) in [6, 6.07) is 0. The lowest BCUT2D eigenvalue weighted by Gasteiger charge is -2.45. The molecule has 1 spiro atoms. The van der Waals surface area contributed by atoms with Gasteiger partial charge in [-0.15, -0.1) is 0 Å². The van der Waals surface area contributed by atoms with Crippen LogP contribution < -0.4 is 0 Å². The van der Waals surface area contributed by atoms with Gasteiger partial charge < -0.3 is 29.9 Å². The molecule has 3 unspecified atom stereocenters. The maximum atomic E-state index is 9.77. The molecule has 2 rings (SSSR count). The zero-order valence-corrected chi connectivity index (χ0v) is 8.24. The first kappa shape index (κ1) is 11.3. The molecule has 0 aliphatic carbocycles. The normalized spacial score (nSPS) is 51.2. The average Bonchev–Trinajstić information content (AvgIpc) is 2.70. The van der Waals surface area contributed by atoms with E-state index in [-0.39, 0.29) is 0 Å². The molecule has 0 radical (unpaired) electrons. The van der Waals surface area contributed by atoms with E-state index in [1.165, 1.54) is 0 Å².